The van der Waals surface area contributed by atoms with E-state index in [-0.39, 0.29) is 0 Å². The minimum Gasteiger partial charge on any atom is -0.381 e. The van der Waals surface area contributed by atoms with Crippen LogP contribution in [-0.4, -0.2) is 43.3 Å². The zero-order valence-corrected chi connectivity index (χ0v) is 10.5. The molecular formula is C13H26N2O. The summed E-state index contributed by atoms with van der Waals surface area (Å²) < 4.78 is 5.51. The Kier molecular flexibility index (Phi) is 4.62. The van der Waals surface area contributed by atoms with Gasteiger partial charge in [0.15, 0.2) is 0 Å². The second-order valence-corrected chi connectivity index (χ2v) is 5.25. The summed E-state index contributed by atoms with van der Waals surface area (Å²) in [7, 11) is 0. The Labute approximate surface area is 99.3 Å². The zero-order chi connectivity index (χ0) is 11.4. The molecule has 3 heteroatoms. The van der Waals surface area contributed by atoms with Crippen LogP contribution in [0, 0.1) is 5.92 Å². The lowest BCUT2D eigenvalue weighted by molar-refractivity contribution is 0.114. The average molecular weight is 226 g/mol. The number of nitrogens with zero attached hydrogens (tertiary/aromatic N) is 1. The van der Waals surface area contributed by atoms with Gasteiger partial charge in [-0.25, -0.2) is 0 Å². The smallest absolute Gasteiger partial charge is 0.0510 e. The quantitative estimate of drug-likeness (QED) is 0.717. The first-order chi connectivity index (χ1) is 7.86. The Morgan fingerprint density at radius 3 is 2.69 bits per heavy atom. The molecule has 1 saturated carbocycles. The highest BCUT2D eigenvalue weighted by molar-refractivity contribution is 4.92. The van der Waals surface area contributed by atoms with Crippen molar-refractivity contribution in [2.45, 2.75) is 51.1 Å². The van der Waals surface area contributed by atoms with E-state index >= 15 is 0 Å². The normalized spacial score (nSPS) is 27.6. The molecule has 2 rings (SSSR count). The van der Waals surface area contributed by atoms with Gasteiger partial charge in [0, 0.05) is 31.2 Å². The maximum Gasteiger partial charge on any atom is 0.0510 e. The molecule has 1 saturated heterocycles. The van der Waals surface area contributed by atoms with Crippen LogP contribution in [0.25, 0.3) is 0 Å². The second-order valence-electron chi connectivity index (χ2n) is 5.25. The highest BCUT2D eigenvalue weighted by Crippen LogP contribution is 2.32. The third-order valence-electron chi connectivity index (χ3n) is 3.96. The van der Waals surface area contributed by atoms with Crippen LogP contribution in [-0.2, 0) is 4.74 Å². The Morgan fingerprint density at radius 2 is 2.19 bits per heavy atom. The molecule has 0 amide bonds. The van der Waals surface area contributed by atoms with Gasteiger partial charge in [0.25, 0.3) is 0 Å². The van der Waals surface area contributed by atoms with Crippen molar-refractivity contribution in [1.29, 1.82) is 0 Å². The lowest BCUT2D eigenvalue weighted by Gasteiger charge is -2.34. The maximum atomic E-state index is 5.99. The molecule has 1 aliphatic carbocycles. The molecule has 2 atom stereocenters. The molecular weight excluding hydrogens is 200 g/mol. The monoisotopic (exact) mass is 226 g/mol. The number of ether oxygens (including phenoxy) is 1. The van der Waals surface area contributed by atoms with Crippen LogP contribution in [0.2, 0.25) is 0 Å². The van der Waals surface area contributed by atoms with E-state index in [1.807, 2.05) is 0 Å². The summed E-state index contributed by atoms with van der Waals surface area (Å²) >= 11 is 0. The van der Waals surface area contributed by atoms with Gasteiger partial charge in [0.2, 0.25) is 0 Å². The topological polar surface area (TPSA) is 38.5 Å². The second kappa shape index (κ2) is 5.99. The molecule has 16 heavy (non-hydrogen) atoms. The van der Waals surface area contributed by atoms with Crippen molar-refractivity contribution in [1.82, 2.24) is 4.90 Å². The van der Waals surface area contributed by atoms with E-state index in [4.69, 9.17) is 10.5 Å². The lowest BCUT2D eigenvalue weighted by Crippen LogP contribution is -2.47. The van der Waals surface area contributed by atoms with Gasteiger partial charge in [0.1, 0.15) is 0 Å². The molecule has 0 aromatic heterocycles. The van der Waals surface area contributed by atoms with Crippen molar-refractivity contribution < 1.29 is 4.74 Å². The number of nitrogens with two attached hydrogens (primary N) is 1. The molecule has 0 aromatic carbocycles. The van der Waals surface area contributed by atoms with Crippen LogP contribution >= 0.6 is 0 Å². The third-order valence-corrected chi connectivity index (χ3v) is 3.96. The first-order valence-electron chi connectivity index (χ1n) is 6.90. The van der Waals surface area contributed by atoms with Crippen LogP contribution in [0.1, 0.15) is 39.0 Å². The van der Waals surface area contributed by atoms with Gasteiger partial charge in [-0.2, -0.15) is 0 Å². The SMILES string of the molecule is CCCCN(C1CC1)C(CN)C1CCOC1. The van der Waals surface area contributed by atoms with Gasteiger partial charge >= 0.3 is 0 Å². The van der Waals surface area contributed by atoms with Gasteiger partial charge in [-0.15, -0.1) is 0 Å². The van der Waals surface area contributed by atoms with Crippen LogP contribution in [0.15, 0.2) is 0 Å². The summed E-state index contributed by atoms with van der Waals surface area (Å²) in [5, 5.41) is 0. The number of hydrogen-bond acceptors (Lipinski definition) is 3. The summed E-state index contributed by atoms with van der Waals surface area (Å²) in [5.41, 5.74) is 5.99. The van der Waals surface area contributed by atoms with Crippen molar-refractivity contribution >= 4 is 0 Å². The van der Waals surface area contributed by atoms with Gasteiger partial charge in [-0.05, 0) is 32.2 Å². The maximum absolute atomic E-state index is 5.99. The number of hydrogen-bond donors (Lipinski definition) is 1. The Morgan fingerprint density at radius 1 is 1.38 bits per heavy atom. The lowest BCUT2D eigenvalue weighted by atomic mass is 9.97. The number of rotatable bonds is 7. The summed E-state index contributed by atoms with van der Waals surface area (Å²) in [6, 6.07) is 1.40. The van der Waals surface area contributed by atoms with Crippen molar-refractivity contribution in [3.63, 3.8) is 0 Å². The fraction of sp³-hybridized carbons (Fsp3) is 1.00. The predicted octanol–water partition coefficient (Wildman–Crippen LogP) is 1.61. The highest BCUT2D eigenvalue weighted by Gasteiger charge is 2.37. The first-order valence-corrected chi connectivity index (χ1v) is 6.90. The van der Waals surface area contributed by atoms with E-state index in [1.165, 1.54) is 38.6 Å². The number of unbranched alkanes of at least 4 members (excludes halogenated alkanes) is 1. The summed E-state index contributed by atoms with van der Waals surface area (Å²) in [5.74, 6) is 0.683. The molecule has 1 aliphatic heterocycles. The summed E-state index contributed by atoms with van der Waals surface area (Å²) in [6.45, 7) is 6.17. The molecule has 3 nitrogen and oxygen atoms in total. The van der Waals surface area contributed by atoms with Crippen molar-refractivity contribution in [3.05, 3.63) is 0 Å². The molecule has 0 spiro atoms. The fourth-order valence-corrected chi connectivity index (χ4v) is 2.82. The van der Waals surface area contributed by atoms with Crippen LogP contribution in [0.4, 0.5) is 0 Å². The van der Waals surface area contributed by atoms with E-state index in [0.717, 1.165) is 25.8 Å². The Balaban J connectivity index is 1.91. The third kappa shape index (κ3) is 2.96. The molecule has 2 unspecified atom stereocenters. The molecule has 0 radical (unpaired) electrons. The summed E-state index contributed by atoms with van der Waals surface area (Å²) in [6.07, 6.45) is 6.56. The van der Waals surface area contributed by atoms with Crippen molar-refractivity contribution in [3.8, 4) is 0 Å². The predicted molar refractivity (Wildman–Crippen MR) is 66.4 cm³/mol. The molecule has 0 bridgehead atoms. The van der Waals surface area contributed by atoms with Gasteiger partial charge in [-0.3, -0.25) is 4.90 Å². The standard InChI is InChI=1S/C13H26N2O/c1-2-3-7-15(12-4-5-12)13(9-14)11-6-8-16-10-11/h11-13H,2-10,14H2,1H3. The molecule has 1 heterocycles. The van der Waals surface area contributed by atoms with Gasteiger partial charge < -0.3 is 10.5 Å². The summed E-state index contributed by atoms with van der Waals surface area (Å²) in [4.78, 5) is 2.68. The minimum absolute atomic E-state index is 0.571. The van der Waals surface area contributed by atoms with Crippen molar-refractivity contribution in [2.24, 2.45) is 11.7 Å². The van der Waals surface area contributed by atoms with E-state index < -0.39 is 0 Å². The highest BCUT2D eigenvalue weighted by atomic mass is 16.5. The molecule has 2 aliphatic rings. The fourth-order valence-electron chi connectivity index (χ4n) is 2.82. The molecule has 0 aromatic rings. The molecule has 2 N–H and O–H groups in total. The minimum atomic E-state index is 0.571. The van der Waals surface area contributed by atoms with Crippen LogP contribution in [0.3, 0.4) is 0 Å². The van der Waals surface area contributed by atoms with Crippen LogP contribution in [0.5, 0.6) is 0 Å². The zero-order valence-electron chi connectivity index (χ0n) is 10.5. The van der Waals surface area contributed by atoms with Crippen LogP contribution < -0.4 is 5.73 Å². The van der Waals surface area contributed by atoms with E-state index in [0.29, 0.717) is 12.0 Å². The Bertz CT molecular complexity index is 200. The average Bonchev–Trinajstić information content (AvgIpc) is 3.00. The largest absolute Gasteiger partial charge is 0.381 e. The first kappa shape index (κ1) is 12.3. The van der Waals surface area contributed by atoms with Gasteiger partial charge in [0.05, 0.1) is 6.61 Å². The van der Waals surface area contributed by atoms with Crippen molar-refractivity contribution in [2.75, 3.05) is 26.3 Å². The van der Waals surface area contributed by atoms with E-state index in [2.05, 4.69) is 11.8 Å². The van der Waals surface area contributed by atoms with Gasteiger partial charge in [-0.1, -0.05) is 13.3 Å². The van der Waals surface area contributed by atoms with E-state index in [9.17, 15) is 0 Å². The molecule has 2 fully saturated rings. The van der Waals surface area contributed by atoms with E-state index in [1.54, 1.807) is 0 Å². The Hall–Kier alpha value is -0.120. The molecule has 94 valence electrons.